The largest absolute Gasteiger partial charge is 0.436 e. The quantitative estimate of drug-likeness (QED) is 0.162. The molecule has 0 aliphatic heterocycles. The van der Waals surface area contributed by atoms with Crippen LogP contribution in [0.2, 0.25) is 0 Å². The summed E-state index contributed by atoms with van der Waals surface area (Å²) in [5, 5.41) is 14.8. The Labute approximate surface area is 364 Å². The molecule has 0 saturated heterocycles. The molecule has 0 aliphatic rings. The number of hydrogen-bond acceptors (Lipinski definition) is 2. The van der Waals surface area contributed by atoms with Crippen LogP contribution in [0.25, 0.3) is 132 Å². The number of aromatic nitrogens is 1. The van der Waals surface area contributed by atoms with E-state index in [1.807, 2.05) is 24.3 Å². The van der Waals surface area contributed by atoms with Gasteiger partial charge < -0.3 is 4.42 Å². The van der Waals surface area contributed by atoms with Crippen LogP contribution in [-0.2, 0) is 0 Å². The lowest BCUT2D eigenvalue weighted by atomic mass is 9.82. The van der Waals surface area contributed by atoms with Crippen LogP contribution >= 0.6 is 0 Å². The fourth-order valence-electron chi connectivity index (χ4n) is 10.2. The van der Waals surface area contributed by atoms with Gasteiger partial charge in [-0.2, -0.15) is 0 Å². The third-order valence-electron chi connectivity index (χ3n) is 13.0. The van der Waals surface area contributed by atoms with Gasteiger partial charge in [0.15, 0.2) is 5.58 Å². The van der Waals surface area contributed by atoms with Crippen LogP contribution in [0.5, 0.6) is 0 Å². The van der Waals surface area contributed by atoms with E-state index in [1.165, 1.54) is 104 Å². The van der Waals surface area contributed by atoms with Gasteiger partial charge >= 0.3 is 0 Å². The molecule has 0 fully saturated rings. The molecule has 2 heteroatoms. The van der Waals surface area contributed by atoms with E-state index in [0.717, 1.165) is 22.2 Å². The van der Waals surface area contributed by atoms with Crippen LogP contribution in [0.4, 0.5) is 0 Å². The summed E-state index contributed by atoms with van der Waals surface area (Å²) in [4.78, 5) is 4.78. The molecule has 63 heavy (non-hydrogen) atoms. The van der Waals surface area contributed by atoms with Crippen molar-refractivity contribution in [1.29, 1.82) is 0 Å². The molecule has 2 nitrogen and oxygen atoms in total. The van der Waals surface area contributed by atoms with E-state index in [0.29, 0.717) is 5.89 Å². The first-order valence-electron chi connectivity index (χ1n) is 21.6. The van der Waals surface area contributed by atoms with Crippen LogP contribution < -0.4 is 0 Å². The second-order valence-electron chi connectivity index (χ2n) is 16.6. The predicted molar refractivity (Wildman–Crippen MR) is 266 cm³/mol. The average Bonchev–Trinajstić information content (AvgIpc) is 3.79. The summed E-state index contributed by atoms with van der Waals surface area (Å²) in [7, 11) is 0. The lowest BCUT2D eigenvalue weighted by Crippen LogP contribution is -1.94. The van der Waals surface area contributed by atoms with Gasteiger partial charge in [0.25, 0.3) is 0 Å². The van der Waals surface area contributed by atoms with Gasteiger partial charge in [0, 0.05) is 5.56 Å². The normalized spacial score (nSPS) is 11.8. The Morgan fingerprint density at radius 3 is 1.14 bits per heavy atom. The Morgan fingerprint density at radius 2 is 0.619 bits per heavy atom. The molecule has 13 aromatic rings. The summed E-state index contributed by atoms with van der Waals surface area (Å²) >= 11 is 0. The van der Waals surface area contributed by atoms with Gasteiger partial charge in [-0.05, 0) is 152 Å². The van der Waals surface area contributed by atoms with Gasteiger partial charge in [-0.25, -0.2) is 4.98 Å². The van der Waals surface area contributed by atoms with E-state index in [4.69, 9.17) is 9.40 Å². The molecule has 0 atom stereocenters. The summed E-state index contributed by atoms with van der Waals surface area (Å²) in [5.41, 5.74) is 12.3. The number of oxazole rings is 1. The molecule has 13 rings (SSSR count). The van der Waals surface area contributed by atoms with E-state index in [9.17, 15) is 0 Å². The van der Waals surface area contributed by atoms with E-state index < -0.39 is 0 Å². The van der Waals surface area contributed by atoms with Crippen molar-refractivity contribution in [2.24, 2.45) is 0 Å². The van der Waals surface area contributed by atoms with Crippen LogP contribution in [-0.4, -0.2) is 4.98 Å². The molecule has 0 spiro atoms. The molecular formula is C61H37NO. The summed E-state index contributed by atoms with van der Waals surface area (Å²) < 4.78 is 6.15. The highest BCUT2D eigenvalue weighted by Gasteiger charge is 2.21. The Bertz CT molecular complexity index is 3880. The SMILES string of the molecule is c1ccc2cc(-c3c4ccccc4c(-c4ccc5ccccc5c4)c4cc(-c5c6ccccc6c(-c6ccc(-c7nc8ccccc8o7)cc6)c6ccccc56)ccc34)ccc2c1. The van der Waals surface area contributed by atoms with Crippen molar-refractivity contribution >= 4 is 75.7 Å². The van der Waals surface area contributed by atoms with Crippen molar-refractivity contribution in [3.8, 4) is 56.0 Å². The minimum atomic E-state index is 0.628. The number of nitrogens with zero attached hydrogens (tertiary/aromatic N) is 1. The monoisotopic (exact) mass is 799 g/mol. The maximum absolute atomic E-state index is 6.15. The van der Waals surface area contributed by atoms with Gasteiger partial charge in [-0.1, -0.05) is 182 Å². The Kier molecular flexibility index (Phi) is 7.94. The van der Waals surface area contributed by atoms with Crippen LogP contribution in [0.1, 0.15) is 0 Å². The van der Waals surface area contributed by atoms with Gasteiger partial charge in [-0.3, -0.25) is 0 Å². The molecule has 0 amide bonds. The number of hydrogen-bond donors (Lipinski definition) is 0. The minimum absolute atomic E-state index is 0.628. The smallest absolute Gasteiger partial charge is 0.227 e. The van der Waals surface area contributed by atoms with Crippen molar-refractivity contribution in [2.75, 3.05) is 0 Å². The highest BCUT2D eigenvalue weighted by Crippen LogP contribution is 2.49. The first-order chi connectivity index (χ1) is 31.2. The standard InChI is InChI=1S/C61H37NO/c1-3-15-42-35-44(31-25-38(42)13-1)58-51-21-9-10-22-52(51)60(45-32-26-39-14-2-4-16-43(39)36-45)54-37-46(33-34-53(54)58)59-49-19-7-5-17-47(49)57(48-18-6-8-20-50(48)59)40-27-29-41(30-28-40)61-62-55-23-11-12-24-56(55)63-61/h1-37H. The first-order valence-corrected chi connectivity index (χ1v) is 21.6. The lowest BCUT2D eigenvalue weighted by Gasteiger charge is -2.21. The second-order valence-corrected chi connectivity index (χ2v) is 16.6. The Balaban J connectivity index is 1.07. The van der Waals surface area contributed by atoms with Crippen molar-refractivity contribution in [2.45, 2.75) is 0 Å². The predicted octanol–water partition coefficient (Wildman–Crippen LogP) is 17.1. The Hall–Kier alpha value is -8.33. The second kappa shape index (κ2) is 14.1. The molecule has 1 heterocycles. The molecular weight excluding hydrogens is 763 g/mol. The summed E-state index contributed by atoms with van der Waals surface area (Å²) in [5.74, 6) is 0.628. The zero-order valence-electron chi connectivity index (χ0n) is 34.2. The third-order valence-corrected chi connectivity index (χ3v) is 13.0. The highest BCUT2D eigenvalue weighted by molar-refractivity contribution is 6.25. The topological polar surface area (TPSA) is 26.0 Å². The number of rotatable bonds is 5. The highest BCUT2D eigenvalue weighted by atomic mass is 16.3. The number of para-hydroxylation sites is 2. The fraction of sp³-hybridized carbons (Fsp3) is 0. The van der Waals surface area contributed by atoms with Gasteiger partial charge in [0.2, 0.25) is 5.89 Å². The van der Waals surface area contributed by atoms with Crippen molar-refractivity contribution in [3.63, 3.8) is 0 Å². The van der Waals surface area contributed by atoms with E-state index >= 15 is 0 Å². The Morgan fingerprint density at radius 1 is 0.254 bits per heavy atom. The van der Waals surface area contributed by atoms with Crippen LogP contribution in [0, 0.1) is 0 Å². The van der Waals surface area contributed by atoms with Crippen molar-refractivity contribution < 1.29 is 4.42 Å². The van der Waals surface area contributed by atoms with Gasteiger partial charge in [0.1, 0.15) is 5.52 Å². The van der Waals surface area contributed by atoms with Crippen LogP contribution in [0.15, 0.2) is 229 Å². The van der Waals surface area contributed by atoms with Crippen LogP contribution in [0.3, 0.4) is 0 Å². The first kappa shape index (κ1) is 35.4. The molecule has 0 unspecified atom stereocenters. The molecule has 1 aromatic heterocycles. The van der Waals surface area contributed by atoms with Crippen molar-refractivity contribution in [1.82, 2.24) is 4.98 Å². The summed E-state index contributed by atoms with van der Waals surface area (Å²) in [6.45, 7) is 0. The zero-order chi connectivity index (χ0) is 41.4. The third kappa shape index (κ3) is 5.69. The average molecular weight is 800 g/mol. The zero-order valence-corrected chi connectivity index (χ0v) is 34.2. The van der Waals surface area contributed by atoms with Gasteiger partial charge in [-0.15, -0.1) is 0 Å². The number of benzene rings is 12. The van der Waals surface area contributed by atoms with Gasteiger partial charge in [0.05, 0.1) is 0 Å². The van der Waals surface area contributed by atoms with E-state index in [1.54, 1.807) is 0 Å². The molecule has 0 saturated carbocycles. The van der Waals surface area contributed by atoms with E-state index in [2.05, 4.69) is 200 Å². The molecule has 0 N–H and O–H groups in total. The lowest BCUT2D eigenvalue weighted by molar-refractivity contribution is 0.620. The molecule has 0 aliphatic carbocycles. The van der Waals surface area contributed by atoms with E-state index in [-0.39, 0.29) is 0 Å². The summed E-state index contributed by atoms with van der Waals surface area (Å²) in [6, 6.07) is 81.8. The molecule has 0 bridgehead atoms. The maximum Gasteiger partial charge on any atom is 0.227 e. The minimum Gasteiger partial charge on any atom is -0.436 e. The fourth-order valence-corrected chi connectivity index (χ4v) is 10.2. The molecule has 0 radical (unpaired) electrons. The molecule has 292 valence electrons. The summed E-state index contributed by atoms with van der Waals surface area (Å²) in [6.07, 6.45) is 0. The molecule has 12 aromatic carbocycles. The van der Waals surface area contributed by atoms with Crippen molar-refractivity contribution in [3.05, 3.63) is 224 Å². The number of fused-ring (bicyclic) bond motifs is 7. The maximum atomic E-state index is 6.15.